The fourth-order valence-corrected chi connectivity index (χ4v) is 3.41. The lowest BCUT2D eigenvalue weighted by Gasteiger charge is -2.31. The third-order valence-electron chi connectivity index (χ3n) is 4.77. The van der Waals surface area contributed by atoms with Gasteiger partial charge in [-0.3, -0.25) is 0 Å². The lowest BCUT2D eigenvalue weighted by molar-refractivity contribution is -0.0979. The highest BCUT2D eigenvalue weighted by Gasteiger charge is 2.15. The minimum Gasteiger partial charge on any atom is -0.378 e. The molecule has 1 saturated heterocycles. The number of aryl methyl sites for hydroxylation is 1. The Hall–Kier alpha value is -2.72. The molecule has 0 N–H and O–H groups in total. The first-order chi connectivity index (χ1) is 14.1. The summed E-state index contributed by atoms with van der Waals surface area (Å²) < 4.78 is 5.52. The maximum absolute atomic E-state index is 8.00. The van der Waals surface area contributed by atoms with E-state index >= 15 is 0 Å². The molecule has 1 aliphatic rings. The van der Waals surface area contributed by atoms with Crippen molar-refractivity contribution in [2.24, 2.45) is 0 Å². The normalized spacial score (nSPS) is 13.7. The van der Waals surface area contributed by atoms with Crippen molar-refractivity contribution >= 4 is 23.3 Å². The molecule has 3 rings (SSSR count). The van der Waals surface area contributed by atoms with Gasteiger partial charge in [0.2, 0.25) is 0 Å². The summed E-state index contributed by atoms with van der Waals surface area (Å²) in [5.74, 6) is 0. The van der Waals surface area contributed by atoms with Crippen molar-refractivity contribution in [3.8, 4) is 0 Å². The Kier molecular flexibility index (Phi) is 10.6. The van der Waals surface area contributed by atoms with E-state index in [0.29, 0.717) is 0 Å². The number of fused-ring (bicyclic) bond motifs is 1. The topological polar surface area (TPSA) is 42.4 Å². The van der Waals surface area contributed by atoms with Crippen LogP contribution in [0.2, 0.25) is 0 Å². The maximum Gasteiger partial charge on any atom is 0.106 e. The van der Waals surface area contributed by atoms with Crippen LogP contribution < -0.4 is 0 Å². The molecule has 2 aromatic rings. The molecule has 0 atom stereocenters. The van der Waals surface area contributed by atoms with Gasteiger partial charge < -0.3 is 14.4 Å². The van der Waals surface area contributed by atoms with Crippen LogP contribution in [0.5, 0.6) is 0 Å². The van der Waals surface area contributed by atoms with Gasteiger partial charge in [0.1, 0.15) is 6.79 Å². The monoisotopic (exact) mass is 394 g/mol. The standard InChI is InChI=1S/C22H28N2O.C2H4.CH2O/c1-5-18(15-21(16(2)3)24-10-12-25-13-11-24)22-17(4)14-19-8-6-7-9-20(19)23-22;2*1-2/h6-9,14-15H,5,10-13H2,1-4H3;1-2H2;1H2/b18-15+;;. The van der Waals surface area contributed by atoms with E-state index in [4.69, 9.17) is 14.5 Å². The smallest absolute Gasteiger partial charge is 0.106 e. The quantitative estimate of drug-likeness (QED) is 0.501. The molecule has 0 spiro atoms. The van der Waals surface area contributed by atoms with Crippen molar-refractivity contribution in [3.05, 3.63) is 72.1 Å². The van der Waals surface area contributed by atoms with Crippen molar-refractivity contribution in [3.63, 3.8) is 0 Å². The molecule has 0 aliphatic carbocycles. The largest absolute Gasteiger partial charge is 0.378 e. The van der Waals surface area contributed by atoms with E-state index in [1.807, 2.05) is 6.79 Å². The molecule has 4 nitrogen and oxygen atoms in total. The minimum absolute atomic E-state index is 0.805. The zero-order chi connectivity index (χ0) is 21.8. The molecule has 0 amide bonds. The van der Waals surface area contributed by atoms with Gasteiger partial charge >= 0.3 is 0 Å². The summed E-state index contributed by atoms with van der Waals surface area (Å²) in [6.07, 6.45) is 3.30. The van der Waals surface area contributed by atoms with E-state index in [9.17, 15) is 0 Å². The molecule has 0 saturated carbocycles. The van der Waals surface area contributed by atoms with Crippen molar-refractivity contribution < 1.29 is 9.53 Å². The number of nitrogens with zero attached hydrogens (tertiary/aromatic N) is 2. The average molecular weight is 395 g/mol. The van der Waals surface area contributed by atoms with Gasteiger partial charge in [-0.15, -0.1) is 13.2 Å². The van der Waals surface area contributed by atoms with Gasteiger partial charge in [0.25, 0.3) is 0 Å². The zero-order valence-electron chi connectivity index (χ0n) is 18.3. The predicted molar refractivity (Wildman–Crippen MR) is 124 cm³/mol. The number of allylic oxidation sites excluding steroid dienone is 3. The number of rotatable bonds is 4. The highest BCUT2D eigenvalue weighted by molar-refractivity contribution is 5.82. The minimum atomic E-state index is 0.805. The first kappa shape index (κ1) is 24.3. The number of benzene rings is 1. The Balaban J connectivity index is 0.000000989. The lowest BCUT2D eigenvalue weighted by atomic mass is 10.0. The molecule has 1 aromatic carbocycles. The van der Waals surface area contributed by atoms with Crippen LogP contribution in [0.25, 0.3) is 16.5 Å². The summed E-state index contributed by atoms with van der Waals surface area (Å²) in [6, 6.07) is 10.6. The van der Waals surface area contributed by atoms with Crippen molar-refractivity contribution in [1.29, 1.82) is 0 Å². The first-order valence-electron chi connectivity index (χ1n) is 9.96. The van der Waals surface area contributed by atoms with Crippen molar-refractivity contribution in [1.82, 2.24) is 9.88 Å². The molecule has 1 aromatic heterocycles. The molecule has 1 fully saturated rings. The number of aromatic nitrogens is 1. The van der Waals surface area contributed by atoms with Gasteiger partial charge in [-0.05, 0) is 56.5 Å². The molecular formula is C25H34N2O2. The zero-order valence-corrected chi connectivity index (χ0v) is 18.3. The molecule has 0 unspecified atom stereocenters. The van der Waals surface area contributed by atoms with E-state index in [-0.39, 0.29) is 0 Å². The molecule has 156 valence electrons. The second kappa shape index (κ2) is 12.7. The lowest BCUT2D eigenvalue weighted by Crippen LogP contribution is -2.35. The van der Waals surface area contributed by atoms with Gasteiger partial charge in [0.05, 0.1) is 24.4 Å². The van der Waals surface area contributed by atoms with E-state index < -0.39 is 0 Å². The Bertz CT molecular complexity index is 843. The molecule has 0 radical (unpaired) electrons. The SMILES string of the molecule is C=C.C=O.CC/C(=C\C(=C(C)C)N1CCOCC1)c1nc2ccccc2cc1C. The van der Waals surface area contributed by atoms with Crippen LogP contribution in [0, 0.1) is 6.92 Å². The number of carbonyl (C=O) groups is 1. The highest BCUT2D eigenvalue weighted by Crippen LogP contribution is 2.27. The van der Waals surface area contributed by atoms with Crippen LogP contribution in [0.3, 0.4) is 0 Å². The summed E-state index contributed by atoms with van der Waals surface area (Å²) in [4.78, 5) is 15.4. The summed E-state index contributed by atoms with van der Waals surface area (Å²) in [7, 11) is 0. The van der Waals surface area contributed by atoms with Gasteiger partial charge in [-0.2, -0.15) is 0 Å². The Labute approximate surface area is 175 Å². The Morgan fingerprint density at radius 3 is 2.38 bits per heavy atom. The predicted octanol–water partition coefficient (Wildman–Crippen LogP) is 5.58. The Morgan fingerprint density at radius 1 is 1.17 bits per heavy atom. The van der Waals surface area contributed by atoms with E-state index in [1.165, 1.54) is 27.8 Å². The van der Waals surface area contributed by atoms with Crippen molar-refractivity contribution in [2.45, 2.75) is 34.1 Å². The van der Waals surface area contributed by atoms with Crippen LogP contribution in [0.15, 0.2) is 60.8 Å². The average Bonchev–Trinajstić information content (AvgIpc) is 2.77. The molecule has 1 aliphatic heterocycles. The van der Waals surface area contributed by atoms with Crippen LogP contribution in [0.4, 0.5) is 0 Å². The molecule has 2 heterocycles. The fraction of sp³-hybridized carbons (Fsp3) is 0.360. The first-order valence-corrected chi connectivity index (χ1v) is 9.96. The number of pyridine rings is 1. The molecule has 4 heteroatoms. The number of carbonyl (C=O) groups excluding carboxylic acids is 1. The summed E-state index contributed by atoms with van der Waals surface area (Å²) in [6.45, 7) is 20.3. The van der Waals surface area contributed by atoms with E-state index in [0.717, 1.165) is 43.9 Å². The van der Waals surface area contributed by atoms with Crippen LogP contribution in [-0.2, 0) is 9.53 Å². The molecular weight excluding hydrogens is 360 g/mol. The number of para-hydroxylation sites is 1. The van der Waals surface area contributed by atoms with Gasteiger partial charge in [-0.25, -0.2) is 4.98 Å². The van der Waals surface area contributed by atoms with Crippen LogP contribution in [-0.4, -0.2) is 43.0 Å². The summed E-state index contributed by atoms with van der Waals surface area (Å²) in [5, 5.41) is 1.20. The Morgan fingerprint density at radius 2 is 1.79 bits per heavy atom. The summed E-state index contributed by atoms with van der Waals surface area (Å²) in [5.41, 5.74) is 7.37. The number of hydrogen-bond acceptors (Lipinski definition) is 4. The third-order valence-corrected chi connectivity index (χ3v) is 4.77. The second-order valence-corrected chi connectivity index (χ2v) is 6.85. The number of ether oxygens (including phenoxy) is 1. The summed E-state index contributed by atoms with van der Waals surface area (Å²) >= 11 is 0. The molecule has 0 bridgehead atoms. The van der Waals surface area contributed by atoms with Gasteiger partial charge in [-0.1, -0.05) is 30.7 Å². The second-order valence-electron chi connectivity index (χ2n) is 6.85. The molecule has 29 heavy (non-hydrogen) atoms. The fourth-order valence-electron chi connectivity index (χ4n) is 3.41. The van der Waals surface area contributed by atoms with Crippen molar-refractivity contribution in [2.75, 3.05) is 26.3 Å². The number of hydrogen-bond donors (Lipinski definition) is 0. The third kappa shape index (κ3) is 6.40. The highest BCUT2D eigenvalue weighted by atomic mass is 16.5. The van der Waals surface area contributed by atoms with Gasteiger partial charge in [0.15, 0.2) is 0 Å². The van der Waals surface area contributed by atoms with E-state index in [2.05, 4.69) is 82.2 Å². The van der Waals surface area contributed by atoms with Gasteiger partial charge in [0, 0.05) is 24.2 Å². The maximum atomic E-state index is 8.00. The number of morpholine rings is 1. The van der Waals surface area contributed by atoms with E-state index in [1.54, 1.807) is 0 Å². The van der Waals surface area contributed by atoms with Crippen LogP contribution >= 0.6 is 0 Å². The van der Waals surface area contributed by atoms with Crippen LogP contribution in [0.1, 0.15) is 38.4 Å².